The second-order valence-corrected chi connectivity index (χ2v) is 4.48. The summed E-state index contributed by atoms with van der Waals surface area (Å²) < 4.78 is 2.25. The molecule has 1 N–H and O–H groups in total. The molecule has 1 rings (SSSR count). The highest BCUT2D eigenvalue weighted by Crippen LogP contribution is 2.28. The minimum absolute atomic E-state index is 0.463. The fraction of sp³-hybridized carbons (Fsp3) is 1.00. The van der Waals surface area contributed by atoms with E-state index in [1.54, 1.807) is 11.9 Å². The predicted octanol–water partition coefficient (Wildman–Crippen LogP) is 1.50. The molecule has 2 atom stereocenters. The van der Waals surface area contributed by atoms with E-state index in [0.717, 1.165) is 19.4 Å². The van der Waals surface area contributed by atoms with Gasteiger partial charge in [0, 0.05) is 12.6 Å². The van der Waals surface area contributed by atoms with E-state index in [0.29, 0.717) is 6.04 Å². The van der Waals surface area contributed by atoms with Crippen molar-refractivity contribution in [2.45, 2.75) is 38.3 Å². The fourth-order valence-electron chi connectivity index (χ4n) is 1.48. The van der Waals surface area contributed by atoms with Crippen LogP contribution in [0.3, 0.4) is 0 Å². The molecule has 0 aromatic carbocycles. The monoisotopic (exact) mass is 175 g/mol. The minimum atomic E-state index is -0.463. The summed E-state index contributed by atoms with van der Waals surface area (Å²) in [7, 11) is 0. The maximum atomic E-state index is 9.74. The van der Waals surface area contributed by atoms with Crippen LogP contribution >= 0.6 is 11.9 Å². The van der Waals surface area contributed by atoms with Crippen molar-refractivity contribution in [3.8, 4) is 0 Å². The van der Waals surface area contributed by atoms with Gasteiger partial charge in [-0.2, -0.15) is 0 Å². The summed E-state index contributed by atoms with van der Waals surface area (Å²) in [5.41, 5.74) is -0.463. The number of piperidine rings is 1. The van der Waals surface area contributed by atoms with Gasteiger partial charge in [0.15, 0.2) is 0 Å². The molecule has 3 heteroatoms. The van der Waals surface area contributed by atoms with Crippen LogP contribution in [-0.4, -0.2) is 33.9 Å². The lowest BCUT2D eigenvalue weighted by atomic mass is 9.93. The topological polar surface area (TPSA) is 23.5 Å². The second-order valence-electron chi connectivity index (χ2n) is 3.64. The molecule has 1 aliphatic rings. The third-order valence-corrected chi connectivity index (χ3v) is 3.28. The zero-order valence-electron chi connectivity index (χ0n) is 7.50. The van der Waals surface area contributed by atoms with Crippen LogP contribution in [0.1, 0.15) is 26.7 Å². The highest BCUT2D eigenvalue weighted by Gasteiger charge is 2.31. The molecule has 1 aliphatic heterocycles. The van der Waals surface area contributed by atoms with Gasteiger partial charge in [-0.05, 0) is 32.9 Å². The van der Waals surface area contributed by atoms with E-state index < -0.39 is 5.60 Å². The van der Waals surface area contributed by atoms with Gasteiger partial charge < -0.3 is 5.11 Å². The van der Waals surface area contributed by atoms with Crippen molar-refractivity contribution < 1.29 is 5.11 Å². The van der Waals surface area contributed by atoms with E-state index in [1.807, 2.05) is 6.92 Å². The molecule has 0 aromatic heterocycles. The van der Waals surface area contributed by atoms with Gasteiger partial charge in [-0.1, -0.05) is 11.9 Å². The van der Waals surface area contributed by atoms with Crippen molar-refractivity contribution in [3.05, 3.63) is 0 Å². The van der Waals surface area contributed by atoms with Crippen molar-refractivity contribution >= 4 is 11.9 Å². The maximum absolute atomic E-state index is 9.74. The van der Waals surface area contributed by atoms with E-state index in [9.17, 15) is 5.11 Å². The number of aliphatic hydroxyl groups is 1. The van der Waals surface area contributed by atoms with E-state index in [4.69, 9.17) is 0 Å². The Labute approximate surface area is 73.1 Å². The molecule has 0 radical (unpaired) electrons. The van der Waals surface area contributed by atoms with Gasteiger partial charge in [-0.15, -0.1) is 0 Å². The first-order chi connectivity index (χ1) is 5.05. The molecular formula is C8H17NOS. The lowest BCUT2D eigenvalue weighted by molar-refractivity contribution is -0.00179. The van der Waals surface area contributed by atoms with Crippen LogP contribution in [-0.2, 0) is 0 Å². The van der Waals surface area contributed by atoms with E-state index >= 15 is 0 Å². The molecular weight excluding hydrogens is 158 g/mol. The Morgan fingerprint density at radius 2 is 2.27 bits per heavy atom. The van der Waals surface area contributed by atoms with Gasteiger partial charge in [0.25, 0.3) is 0 Å². The van der Waals surface area contributed by atoms with Crippen molar-refractivity contribution in [1.82, 2.24) is 4.31 Å². The second kappa shape index (κ2) is 3.33. The van der Waals surface area contributed by atoms with Crippen molar-refractivity contribution in [1.29, 1.82) is 0 Å². The lowest BCUT2D eigenvalue weighted by Gasteiger charge is -2.39. The number of hydrogen-bond acceptors (Lipinski definition) is 3. The molecule has 2 nitrogen and oxygen atoms in total. The smallest absolute Gasteiger partial charge is 0.0756 e. The lowest BCUT2D eigenvalue weighted by Crippen LogP contribution is -2.46. The van der Waals surface area contributed by atoms with Crippen LogP contribution in [0.25, 0.3) is 0 Å². The van der Waals surface area contributed by atoms with Crippen LogP contribution in [0.15, 0.2) is 0 Å². The maximum Gasteiger partial charge on any atom is 0.0756 e. The van der Waals surface area contributed by atoms with Gasteiger partial charge in [-0.3, -0.25) is 0 Å². The molecule has 0 unspecified atom stereocenters. The Hall–Kier alpha value is 0.270. The summed E-state index contributed by atoms with van der Waals surface area (Å²) in [6.45, 7) is 4.93. The fourth-order valence-corrected chi connectivity index (χ4v) is 2.35. The van der Waals surface area contributed by atoms with E-state index in [-0.39, 0.29) is 0 Å². The average Bonchev–Trinajstić information content (AvgIpc) is 1.94. The van der Waals surface area contributed by atoms with Crippen molar-refractivity contribution in [3.63, 3.8) is 0 Å². The Kier molecular flexibility index (Phi) is 2.84. The quantitative estimate of drug-likeness (QED) is 0.611. The van der Waals surface area contributed by atoms with Crippen LogP contribution in [0.5, 0.6) is 0 Å². The minimum Gasteiger partial charge on any atom is -0.389 e. The normalized spacial score (nSPS) is 40.9. The van der Waals surface area contributed by atoms with E-state index in [1.165, 1.54) is 0 Å². The molecule has 11 heavy (non-hydrogen) atoms. The average molecular weight is 175 g/mol. The summed E-state index contributed by atoms with van der Waals surface area (Å²) in [6, 6.07) is 0.616. The highest BCUT2D eigenvalue weighted by molar-refractivity contribution is 7.96. The Morgan fingerprint density at radius 1 is 1.64 bits per heavy atom. The molecule has 1 fully saturated rings. The van der Waals surface area contributed by atoms with Crippen LogP contribution in [0.4, 0.5) is 0 Å². The van der Waals surface area contributed by atoms with Crippen LogP contribution in [0, 0.1) is 0 Å². The summed E-state index contributed by atoms with van der Waals surface area (Å²) in [4.78, 5) is 0. The summed E-state index contributed by atoms with van der Waals surface area (Å²) >= 11 is 1.73. The SMILES string of the molecule is CSN1C[C@@](C)(O)CC[C@@H]1C. The molecule has 66 valence electrons. The summed E-state index contributed by atoms with van der Waals surface area (Å²) in [5, 5.41) is 9.74. The summed E-state index contributed by atoms with van der Waals surface area (Å²) in [5.74, 6) is 0. The largest absolute Gasteiger partial charge is 0.389 e. The molecule has 1 heterocycles. The van der Waals surface area contributed by atoms with Gasteiger partial charge >= 0.3 is 0 Å². The van der Waals surface area contributed by atoms with Gasteiger partial charge in [0.1, 0.15) is 0 Å². The van der Waals surface area contributed by atoms with Crippen LogP contribution in [0.2, 0.25) is 0 Å². The van der Waals surface area contributed by atoms with Gasteiger partial charge in [0.05, 0.1) is 5.60 Å². The first-order valence-corrected chi connectivity index (χ1v) is 5.26. The molecule has 0 amide bonds. The van der Waals surface area contributed by atoms with Crippen molar-refractivity contribution in [2.75, 3.05) is 12.8 Å². The first-order valence-electron chi connectivity index (χ1n) is 4.08. The highest BCUT2D eigenvalue weighted by atomic mass is 32.2. The molecule has 0 aliphatic carbocycles. The Bertz CT molecular complexity index is 138. The molecule has 0 aromatic rings. The molecule has 1 saturated heterocycles. The molecule has 0 saturated carbocycles. The predicted molar refractivity (Wildman–Crippen MR) is 49.5 cm³/mol. The zero-order chi connectivity index (χ0) is 8.48. The standard InChI is InChI=1S/C8H17NOS/c1-7-4-5-8(2,10)6-9(7)11-3/h7,10H,4-6H2,1-3H3/t7-,8-/m0/s1. The number of hydrogen-bond donors (Lipinski definition) is 1. The molecule has 0 spiro atoms. The number of rotatable bonds is 1. The summed E-state index contributed by atoms with van der Waals surface area (Å²) in [6.07, 6.45) is 4.11. The molecule has 0 bridgehead atoms. The first kappa shape index (κ1) is 9.36. The van der Waals surface area contributed by atoms with Gasteiger partial charge in [0.2, 0.25) is 0 Å². The van der Waals surface area contributed by atoms with E-state index in [2.05, 4.69) is 17.5 Å². The third kappa shape index (κ3) is 2.36. The third-order valence-electron chi connectivity index (χ3n) is 2.32. The number of β-amino-alcohol motifs (C(OH)–C–C–N with tert-alkyl or cyclic N) is 1. The number of nitrogens with zero attached hydrogens (tertiary/aromatic N) is 1. The van der Waals surface area contributed by atoms with Gasteiger partial charge in [-0.25, -0.2) is 4.31 Å². The Balaban J connectivity index is 2.51. The van der Waals surface area contributed by atoms with Crippen LogP contribution < -0.4 is 0 Å². The zero-order valence-corrected chi connectivity index (χ0v) is 8.32. The Morgan fingerprint density at radius 3 is 2.73 bits per heavy atom. The van der Waals surface area contributed by atoms with Crippen molar-refractivity contribution in [2.24, 2.45) is 0 Å².